The van der Waals surface area contributed by atoms with Crippen molar-refractivity contribution in [2.24, 2.45) is 0 Å². The summed E-state index contributed by atoms with van der Waals surface area (Å²) < 4.78 is 8.49. The monoisotopic (exact) mass is 760 g/mol. The Morgan fingerprint density at radius 2 is 1.44 bits per heavy atom. The van der Waals surface area contributed by atoms with E-state index in [-0.39, 0.29) is 26.7 Å². The van der Waals surface area contributed by atoms with E-state index in [1.807, 2.05) is 68.6 Å². The van der Waals surface area contributed by atoms with Crippen LogP contribution in [0, 0.1) is 23.4 Å². The second kappa shape index (κ2) is 15.4. The lowest BCUT2D eigenvalue weighted by Crippen LogP contribution is -2.33. The number of nitrogens with one attached hydrogen (secondary N) is 2. The molecule has 6 aromatic rings. The minimum Gasteiger partial charge on any atom is -0.496 e. The number of hydrogen-bond donors (Lipinski definition) is 4. The molecule has 4 N–H and O–H groups in total. The number of benzene rings is 3. The van der Waals surface area contributed by atoms with Gasteiger partial charge in [0.1, 0.15) is 5.75 Å². The number of rotatable bonds is 9. The van der Waals surface area contributed by atoms with E-state index < -0.39 is 28.8 Å². The molecule has 1 aliphatic rings. The number of pyridine rings is 1. The standard InChI is InChI=1S/C41H40N6O5S2/c1-24-9-6-12-29(19-24)46-38(50)34(36(48)43-40(46)53)33(35-37(49)44-41(54)47(39(35)51)30-13-7-10-25(2)20-30)26-15-16-32(52-3)28(21-26)23-45-18-5-4-14-31(45)27-11-8-17-42-22-27/h6-13,15-17,19-22,31,33,50-51H,4-5,14,18,23H2,1-3H3,(H,43,48,53)(H,44,49,54)/t31-/m0/s1. The third-order valence-corrected chi connectivity index (χ3v) is 10.6. The molecule has 0 spiro atoms. The number of aromatic hydroxyl groups is 2. The minimum atomic E-state index is -1.31. The van der Waals surface area contributed by atoms with Gasteiger partial charge in [-0.1, -0.05) is 42.8 Å². The summed E-state index contributed by atoms with van der Waals surface area (Å²) in [7, 11) is 1.60. The first kappa shape index (κ1) is 36.7. The molecule has 3 aromatic carbocycles. The molecule has 54 heavy (non-hydrogen) atoms. The average Bonchev–Trinajstić information content (AvgIpc) is 3.14. The summed E-state index contributed by atoms with van der Waals surface area (Å²) in [5, 5.41) is 24.3. The fourth-order valence-corrected chi connectivity index (χ4v) is 8.11. The Hall–Kier alpha value is -5.63. The molecule has 7 rings (SSSR count). The Kier molecular flexibility index (Phi) is 10.5. The molecule has 0 bridgehead atoms. The van der Waals surface area contributed by atoms with Crippen LogP contribution in [0.15, 0.2) is 101 Å². The van der Waals surface area contributed by atoms with Crippen LogP contribution >= 0.6 is 24.4 Å². The second-order valence-corrected chi connectivity index (χ2v) is 14.4. The lowest BCUT2D eigenvalue weighted by Gasteiger charge is -2.36. The molecule has 0 amide bonds. The summed E-state index contributed by atoms with van der Waals surface area (Å²) in [4.78, 5) is 40.5. The van der Waals surface area contributed by atoms with Gasteiger partial charge in [-0.15, -0.1) is 0 Å². The van der Waals surface area contributed by atoms with E-state index in [0.717, 1.165) is 48.1 Å². The van der Waals surface area contributed by atoms with Crippen molar-refractivity contribution in [3.63, 3.8) is 0 Å². The van der Waals surface area contributed by atoms with Crippen molar-refractivity contribution in [1.82, 2.24) is 29.0 Å². The van der Waals surface area contributed by atoms with Gasteiger partial charge in [-0.2, -0.15) is 0 Å². The van der Waals surface area contributed by atoms with E-state index in [9.17, 15) is 19.8 Å². The van der Waals surface area contributed by atoms with Gasteiger partial charge in [0.25, 0.3) is 11.1 Å². The predicted octanol–water partition coefficient (Wildman–Crippen LogP) is 7.44. The van der Waals surface area contributed by atoms with Gasteiger partial charge in [0.05, 0.1) is 35.5 Å². The molecule has 11 nitrogen and oxygen atoms in total. The van der Waals surface area contributed by atoms with Crippen molar-refractivity contribution >= 4 is 24.4 Å². The molecule has 1 fully saturated rings. The third-order valence-electron chi connectivity index (χ3n) is 10.0. The summed E-state index contributed by atoms with van der Waals surface area (Å²) in [6, 6.07) is 24.1. The Bertz CT molecular complexity index is 2470. The molecular formula is C41H40N6O5S2. The second-order valence-electron chi connectivity index (χ2n) is 13.6. The van der Waals surface area contributed by atoms with E-state index in [2.05, 4.69) is 25.9 Å². The molecule has 1 saturated heterocycles. The van der Waals surface area contributed by atoms with Gasteiger partial charge in [-0.25, -0.2) is 0 Å². The highest BCUT2D eigenvalue weighted by Gasteiger charge is 2.33. The molecular weight excluding hydrogens is 721 g/mol. The largest absolute Gasteiger partial charge is 0.496 e. The summed E-state index contributed by atoms with van der Waals surface area (Å²) in [5.41, 5.74) is 3.33. The fraction of sp³-hybridized carbons (Fsp3) is 0.244. The number of piperidine rings is 1. The van der Waals surface area contributed by atoms with Crippen molar-refractivity contribution < 1.29 is 14.9 Å². The van der Waals surface area contributed by atoms with Gasteiger partial charge < -0.3 is 14.9 Å². The third kappa shape index (κ3) is 7.05. The minimum absolute atomic E-state index is 0.0403. The Balaban J connectivity index is 1.48. The van der Waals surface area contributed by atoms with Gasteiger partial charge in [-0.3, -0.25) is 38.6 Å². The predicted molar refractivity (Wildman–Crippen MR) is 212 cm³/mol. The zero-order valence-corrected chi connectivity index (χ0v) is 31.7. The number of likely N-dealkylation sites (tertiary alicyclic amines) is 1. The first-order chi connectivity index (χ1) is 26.0. The summed E-state index contributed by atoms with van der Waals surface area (Å²) in [6.07, 6.45) is 6.72. The maximum atomic E-state index is 14.2. The molecule has 4 heterocycles. The van der Waals surface area contributed by atoms with Crippen molar-refractivity contribution in [3.05, 3.63) is 160 Å². The van der Waals surface area contributed by atoms with Crippen LogP contribution < -0.4 is 15.9 Å². The average molecular weight is 761 g/mol. The van der Waals surface area contributed by atoms with Crippen molar-refractivity contribution in [3.8, 4) is 28.9 Å². The van der Waals surface area contributed by atoms with Gasteiger partial charge in [-0.05, 0) is 122 Å². The molecule has 13 heteroatoms. The quantitative estimate of drug-likeness (QED) is 0.111. The normalized spacial score (nSPS) is 14.7. The highest BCUT2D eigenvalue weighted by Crippen LogP contribution is 2.41. The van der Waals surface area contributed by atoms with Crippen molar-refractivity contribution in [2.75, 3.05) is 13.7 Å². The Morgan fingerprint density at radius 3 is 1.98 bits per heavy atom. The van der Waals surface area contributed by atoms with Crippen molar-refractivity contribution in [2.45, 2.75) is 51.6 Å². The molecule has 276 valence electrons. The zero-order chi connectivity index (χ0) is 38.1. The van der Waals surface area contributed by atoms with Crippen LogP contribution in [-0.4, -0.2) is 52.9 Å². The summed E-state index contributed by atoms with van der Waals surface area (Å²) >= 11 is 11.2. The van der Waals surface area contributed by atoms with E-state index in [4.69, 9.17) is 29.2 Å². The number of aromatic nitrogens is 5. The first-order valence-corrected chi connectivity index (χ1v) is 18.5. The number of aryl methyl sites for hydroxylation is 2. The van der Waals surface area contributed by atoms with E-state index in [0.29, 0.717) is 29.2 Å². The fourth-order valence-electron chi connectivity index (χ4n) is 7.54. The van der Waals surface area contributed by atoms with Gasteiger partial charge >= 0.3 is 0 Å². The molecule has 0 aliphatic carbocycles. The molecule has 1 aliphatic heterocycles. The number of nitrogens with zero attached hydrogens (tertiary/aromatic N) is 4. The van der Waals surface area contributed by atoms with Gasteiger partial charge in [0.15, 0.2) is 9.54 Å². The van der Waals surface area contributed by atoms with Crippen LogP contribution in [0.4, 0.5) is 0 Å². The lowest BCUT2D eigenvalue weighted by molar-refractivity contribution is 0.139. The zero-order valence-electron chi connectivity index (χ0n) is 30.1. The number of hydrogen-bond acceptors (Lipinski definition) is 9. The number of methoxy groups -OCH3 is 1. The van der Waals surface area contributed by atoms with Gasteiger partial charge in [0, 0.05) is 30.5 Å². The van der Waals surface area contributed by atoms with Gasteiger partial charge in [0.2, 0.25) is 11.8 Å². The molecule has 1 atom stereocenters. The van der Waals surface area contributed by atoms with E-state index in [1.54, 1.807) is 37.6 Å². The number of ether oxygens (including phenoxy) is 1. The topological polar surface area (TPSA) is 141 Å². The highest BCUT2D eigenvalue weighted by atomic mass is 32.1. The first-order valence-electron chi connectivity index (χ1n) is 17.7. The van der Waals surface area contributed by atoms with Crippen LogP contribution in [0.2, 0.25) is 0 Å². The molecule has 0 saturated carbocycles. The van der Waals surface area contributed by atoms with E-state index in [1.165, 1.54) is 9.13 Å². The van der Waals surface area contributed by atoms with Crippen LogP contribution in [0.25, 0.3) is 11.4 Å². The molecule has 0 radical (unpaired) electrons. The lowest BCUT2D eigenvalue weighted by atomic mass is 9.85. The van der Waals surface area contributed by atoms with Crippen LogP contribution in [0.5, 0.6) is 17.5 Å². The Labute approximate surface area is 321 Å². The van der Waals surface area contributed by atoms with Crippen molar-refractivity contribution in [1.29, 1.82) is 0 Å². The number of aromatic amines is 2. The maximum Gasteiger partial charge on any atom is 0.259 e. The molecule has 0 unspecified atom stereocenters. The smallest absolute Gasteiger partial charge is 0.259 e. The summed E-state index contributed by atoms with van der Waals surface area (Å²) in [5.74, 6) is -1.66. The molecule has 3 aromatic heterocycles. The Morgan fingerprint density at radius 1 is 0.833 bits per heavy atom. The SMILES string of the molecule is COc1ccc(C(c2c(O)n(-c3cccc(C)c3)c(=S)[nH]c2=O)c2c(O)n(-c3cccc(C)c3)c(=S)[nH]c2=O)cc1CN1CCCC[C@H]1c1cccnc1. The maximum absolute atomic E-state index is 14.2. The van der Waals surface area contributed by atoms with E-state index >= 15 is 0 Å². The van der Waals surface area contributed by atoms with Crippen LogP contribution in [-0.2, 0) is 6.54 Å². The summed E-state index contributed by atoms with van der Waals surface area (Å²) in [6.45, 7) is 5.12. The number of H-pyrrole nitrogens is 2. The van der Waals surface area contributed by atoms with Crippen LogP contribution in [0.3, 0.4) is 0 Å². The van der Waals surface area contributed by atoms with Crippen LogP contribution in [0.1, 0.15) is 70.2 Å². The highest BCUT2D eigenvalue weighted by molar-refractivity contribution is 7.71.